The minimum absolute atomic E-state index is 0.0295. The average molecular weight is 352 g/mol. The lowest BCUT2D eigenvalue weighted by Crippen LogP contribution is -2.24. The summed E-state index contributed by atoms with van der Waals surface area (Å²) in [7, 11) is 0. The SMILES string of the molecule is O=C(O)CC(C(=O)O)=C(CC(=O)OC1CCCCC1)C1CCCCC1. The first-order valence-corrected chi connectivity index (χ1v) is 9.34. The van der Waals surface area contributed by atoms with Crippen molar-refractivity contribution in [2.24, 2.45) is 5.92 Å². The molecular formula is C19H28O6. The van der Waals surface area contributed by atoms with Gasteiger partial charge in [-0.3, -0.25) is 9.59 Å². The maximum atomic E-state index is 12.4. The van der Waals surface area contributed by atoms with Crippen LogP contribution in [0.25, 0.3) is 0 Å². The van der Waals surface area contributed by atoms with E-state index in [0.29, 0.717) is 5.57 Å². The number of carbonyl (C=O) groups is 3. The van der Waals surface area contributed by atoms with Crippen molar-refractivity contribution >= 4 is 17.9 Å². The quantitative estimate of drug-likeness (QED) is 0.535. The number of carboxylic acids is 2. The molecule has 2 fully saturated rings. The number of aliphatic carboxylic acids is 2. The fraction of sp³-hybridized carbons (Fsp3) is 0.737. The summed E-state index contributed by atoms with van der Waals surface area (Å²) >= 11 is 0. The van der Waals surface area contributed by atoms with Crippen LogP contribution in [0.2, 0.25) is 0 Å². The normalized spacial score (nSPS) is 20.6. The number of carboxylic acid groups (broad SMARTS) is 2. The van der Waals surface area contributed by atoms with Crippen LogP contribution < -0.4 is 0 Å². The van der Waals surface area contributed by atoms with Crippen LogP contribution in [0.4, 0.5) is 0 Å². The molecule has 2 aliphatic rings. The van der Waals surface area contributed by atoms with Gasteiger partial charge in [-0.1, -0.05) is 25.7 Å². The third-order valence-electron chi connectivity index (χ3n) is 5.26. The van der Waals surface area contributed by atoms with Crippen LogP contribution in [0.5, 0.6) is 0 Å². The van der Waals surface area contributed by atoms with Crippen LogP contribution >= 0.6 is 0 Å². The second-order valence-corrected chi connectivity index (χ2v) is 7.14. The summed E-state index contributed by atoms with van der Waals surface area (Å²) in [5, 5.41) is 18.5. The maximum absolute atomic E-state index is 12.4. The Morgan fingerprint density at radius 1 is 0.800 bits per heavy atom. The van der Waals surface area contributed by atoms with Crippen molar-refractivity contribution in [1.29, 1.82) is 0 Å². The van der Waals surface area contributed by atoms with Gasteiger partial charge in [0.1, 0.15) is 6.10 Å². The molecule has 2 aliphatic carbocycles. The first-order valence-electron chi connectivity index (χ1n) is 9.34. The van der Waals surface area contributed by atoms with E-state index in [-0.39, 0.29) is 24.0 Å². The summed E-state index contributed by atoms with van der Waals surface area (Å²) < 4.78 is 5.53. The third kappa shape index (κ3) is 6.18. The molecule has 0 aromatic carbocycles. The third-order valence-corrected chi connectivity index (χ3v) is 5.26. The van der Waals surface area contributed by atoms with E-state index in [1.807, 2.05) is 0 Å². The molecule has 0 unspecified atom stereocenters. The summed E-state index contributed by atoms with van der Waals surface area (Å²) in [6, 6.07) is 0. The first kappa shape index (κ1) is 19.5. The zero-order valence-corrected chi connectivity index (χ0v) is 14.7. The summed E-state index contributed by atoms with van der Waals surface area (Å²) in [5.41, 5.74) is 0.329. The van der Waals surface area contributed by atoms with Crippen LogP contribution in [-0.4, -0.2) is 34.2 Å². The van der Waals surface area contributed by atoms with Crippen molar-refractivity contribution in [3.8, 4) is 0 Å². The number of hydrogen-bond donors (Lipinski definition) is 2. The molecule has 25 heavy (non-hydrogen) atoms. The standard InChI is InChI=1S/C19H28O6/c20-17(21)11-16(19(23)24)15(13-7-3-1-4-8-13)12-18(22)25-14-9-5-2-6-10-14/h13-14H,1-12H2,(H,20,21)(H,23,24). The van der Waals surface area contributed by atoms with E-state index in [9.17, 15) is 19.5 Å². The molecule has 140 valence electrons. The Kier molecular flexibility index (Phi) is 7.47. The molecule has 2 rings (SSSR count). The van der Waals surface area contributed by atoms with Crippen molar-refractivity contribution in [3.63, 3.8) is 0 Å². The van der Waals surface area contributed by atoms with Crippen LogP contribution in [0, 0.1) is 5.92 Å². The highest BCUT2D eigenvalue weighted by Gasteiger charge is 2.28. The van der Waals surface area contributed by atoms with E-state index >= 15 is 0 Å². The summed E-state index contributed by atoms with van der Waals surface area (Å²) in [6.07, 6.45) is 8.88. The molecular weight excluding hydrogens is 324 g/mol. The van der Waals surface area contributed by atoms with E-state index in [1.165, 1.54) is 0 Å². The predicted molar refractivity (Wildman–Crippen MR) is 91.1 cm³/mol. The van der Waals surface area contributed by atoms with Crippen molar-refractivity contribution in [2.45, 2.75) is 83.2 Å². The van der Waals surface area contributed by atoms with Crippen molar-refractivity contribution in [1.82, 2.24) is 0 Å². The van der Waals surface area contributed by atoms with Gasteiger partial charge in [-0.25, -0.2) is 4.79 Å². The highest BCUT2D eigenvalue weighted by atomic mass is 16.5. The van der Waals surface area contributed by atoms with E-state index < -0.39 is 24.3 Å². The molecule has 6 nitrogen and oxygen atoms in total. The van der Waals surface area contributed by atoms with E-state index in [4.69, 9.17) is 9.84 Å². The summed E-state index contributed by atoms with van der Waals surface area (Å²) in [4.78, 5) is 35.1. The van der Waals surface area contributed by atoms with Crippen LogP contribution in [0.15, 0.2) is 11.1 Å². The lowest BCUT2D eigenvalue weighted by Gasteiger charge is -2.27. The number of hydrogen-bond acceptors (Lipinski definition) is 4. The van der Waals surface area contributed by atoms with Gasteiger partial charge in [0.05, 0.1) is 12.8 Å². The maximum Gasteiger partial charge on any atom is 0.332 e. The molecule has 0 aromatic rings. The van der Waals surface area contributed by atoms with Crippen molar-refractivity contribution in [2.75, 3.05) is 0 Å². The Bertz CT molecular complexity index is 524. The van der Waals surface area contributed by atoms with Gasteiger partial charge in [0, 0.05) is 5.57 Å². The molecule has 0 spiro atoms. The lowest BCUT2D eigenvalue weighted by atomic mass is 9.80. The zero-order valence-electron chi connectivity index (χ0n) is 14.7. The van der Waals surface area contributed by atoms with Crippen molar-refractivity contribution in [3.05, 3.63) is 11.1 Å². The smallest absolute Gasteiger partial charge is 0.332 e. The molecule has 0 saturated heterocycles. The Morgan fingerprint density at radius 3 is 1.88 bits per heavy atom. The van der Waals surface area contributed by atoms with Gasteiger partial charge < -0.3 is 14.9 Å². The Balaban J connectivity index is 2.15. The van der Waals surface area contributed by atoms with Gasteiger partial charge in [0.15, 0.2) is 0 Å². The van der Waals surface area contributed by atoms with Gasteiger partial charge in [-0.15, -0.1) is 0 Å². The van der Waals surface area contributed by atoms with Gasteiger partial charge in [-0.2, -0.15) is 0 Å². The molecule has 0 atom stereocenters. The first-order chi connectivity index (χ1) is 12.0. The monoisotopic (exact) mass is 352 g/mol. The predicted octanol–water partition coefficient (Wildman–Crippen LogP) is 3.69. The fourth-order valence-corrected chi connectivity index (χ4v) is 3.99. The van der Waals surface area contributed by atoms with Gasteiger partial charge in [0.2, 0.25) is 0 Å². The highest BCUT2D eigenvalue weighted by molar-refractivity contribution is 5.94. The van der Waals surface area contributed by atoms with Crippen LogP contribution in [0.1, 0.15) is 77.0 Å². The second kappa shape index (κ2) is 9.59. The number of esters is 1. The molecule has 0 radical (unpaired) electrons. The molecule has 0 bridgehead atoms. The van der Waals surface area contributed by atoms with Crippen LogP contribution in [-0.2, 0) is 19.1 Å². The Morgan fingerprint density at radius 2 is 1.36 bits per heavy atom. The topological polar surface area (TPSA) is 101 Å². The van der Waals surface area contributed by atoms with Crippen molar-refractivity contribution < 1.29 is 29.3 Å². The fourth-order valence-electron chi connectivity index (χ4n) is 3.99. The molecule has 0 aromatic heterocycles. The largest absolute Gasteiger partial charge is 0.481 e. The zero-order chi connectivity index (χ0) is 18.2. The number of ether oxygens (including phenoxy) is 1. The Labute approximate surface area is 148 Å². The summed E-state index contributed by atoms with van der Waals surface area (Å²) in [5.74, 6) is -2.88. The number of rotatable bonds is 7. The molecule has 0 amide bonds. The minimum atomic E-state index is -1.24. The molecule has 2 N–H and O–H groups in total. The Hall–Kier alpha value is -1.85. The number of carbonyl (C=O) groups excluding carboxylic acids is 1. The molecule has 0 heterocycles. The van der Waals surface area contributed by atoms with E-state index in [1.54, 1.807) is 0 Å². The average Bonchev–Trinajstić information content (AvgIpc) is 2.59. The van der Waals surface area contributed by atoms with Gasteiger partial charge in [-0.05, 0) is 50.0 Å². The molecule has 2 saturated carbocycles. The minimum Gasteiger partial charge on any atom is -0.481 e. The van der Waals surface area contributed by atoms with Gasteiger partial charge in [0.25, 0.3) is 0 Å². The lowest BCUT2D eigenvalue weighted by molar-refractivity contribution is -0.150. The summed E-state index contributed by atoms with van der Waals surface area (Å²) in [6.45, 7) is 0. The highest BCUT2D eigenvalue weighted by Crippen LogP contribution is 2.34. The van der Waals surface area contributed by atoms with E-state index in [0.717, 1.165) is 64.2 Å². The van der Waals surface area contributed by atoms with Gasteiger partial charge >= 0.3 is 17.9 Å². The van der Waals surface area contributed by atoms with Crippen LogP contribution in [0.3, 0.4) is 0 Å². The second-order valence-electron chi connectivity index (χ2n) is 7.14. The molecule has 0 aliphatic heterocycles. The van der Waals surface area contributed by atoms with E-state index in [2.05, 4.69) is 0 Å². The molecule has 6 heteroatoms.